The number of rotatable bonds is 4. The van der Waals surface area contributed by atoms with Crippen LogP contribution in [-0.2, 0) is 33.5 Å². The van der Waals surface area contributed by atoms with E-state index in [0.717, 1.165) is 28.2 Å². The number of hydrogen-bond acceptors (Lipinski definition) is 3. The van der Waals surface area contributed by atoms with E-state index in [-0.39, 0.29) is 59.0 Å². The van der Waals surface area contributed by atoms with Gasteiger partial charge in [-0.15, -0.1) is 17.7 Å². The zero-order valence-corrected chi connectivity index (χ0v) is 32.5. The molecule has 270 valence electrons. The zero-order valence-electron chi connectivity index (χ0n) is 41.1. The molecule has 0 aliphatic rings. The molecule has 0 atom stereocenters. The van der Waals surface area contributed by atoms with E-state index in [1.165, 1.54) is 16.7 Å². The smallest absolute Gasteiger partial charge is 0.500 e. The third-order valence-corrected chi connectivity index (χ3v) is 9.04. The Labute approximate surface area is 351 Å². The van der Waals surface area contributed by atoms with E-state index in [4.69, 9.17) is 19.5 Å². The first-order chi connectivity index (χ1) is 30.5. The van der Waals surface area contributed by atoms with Crippen molar-refractivity contribution in [2.24, 2.45) is 12.4 Å². The molecule has 0 aliphatic heterocycles. The first-order valence-electron chi connectivity index (χ1n) is 22.8. The number of nitrogens with zero attached hydrogens (tertiary/aromatic N) is 4. The Balaban J connectivity index is 0.000000270. The monoisotopic (exact) mass is 904 g/mol. The first-order valence-corrected chi connectivity index (χ1v) is 17.3. The predicted molar refractivity (Wildman–Crippen MR) is 218 cm³/mol. The number of benzene rings is 6. The van der Waals surface area contributed by atoms with Crippen LogP contribution in [0.15, 0.2) is 126 Å². The van der Waals surface area contributed by atoms with Gasteiger partial charge in [-0.1, -0.05) is 123 Å². The molecule has 6 heteroatoms. The van der Waals surface area contributed by atoms with E-state index < -0.39 is 32.5 Å². The fourth-order valence-corrected chi connectivity index (χ4v) is 6.66. The second-order valence-corrected chi connectivity index (χ2v) is 13.9. The van der Waals surface area contributed by atoms with Crippen molar-refractivity contribution in [3.8, 4) is 34.1 Å². The van der Waals surface area contributed by atoms with E-state index in [0.29, 0.717) is 33.2 Å². The van der Waals surface area contributed by atoms with Crippen LogP contribution in [0.25, 0.3) is 71.8 Å². The van der Waals surface area contributed by atoms with Crippen molar-refractivity contribution in [3.63, 3.8) is 0 Å². The predicted octanol–water partition coefficient (Wildman–Crippen LogP) is 11.4. The summed E-state index contributed by atoms with van der Waals surface area (Å²) in [7, 11) is 0. The molecule has 9 rings (SSSR count). The Bertz CT molecular complexity index is 3320. The van der Waals surface area contributed by atoms with Crippen LogP contribution in [-0.4, -0.2) is 9.55 Å². The van der Waals surface area contributed by atoms with Crippen LogP contribution in [0.1, 0.15) is 58.1 Å². The van der Waals surface area contributed by atoms with Gasteiger partial charge < -0.3 is 18.5 Å². The number of para-hydroxylation sites is 3. The molecule has 0 saturated carbocycles. The zero-order chi connectivity index (χ0) is 46.9. The summed E-state index contributed by atoms with van der Waals surface area (Å²) in [6.45, 7) is -2.37. The van der Waals surface area contributed by atoms with E-state index in [9.17, 15) is 5.26 Å². The molecule has 55 heavy (non-hydrogen) atoms. The molecule has 3 aromatic heterocycles. The van der Waals surface area contributed by atoms with E-state index >= 15 is 0 Å². The summed E-state index contributed by atoms with van der Waals surface area (Å²) in [4.78, 5) is 4.42. The number of aryl methyl sites for hydroxylation is 3. The summed E-state index contributed by atoms with van der Waals surface area (Å²) in [5.74, 6) is 0. The molecule has 9 aromatic rings. The average molecular weight is 904 g/mol. The number of imidazole rings is 1. The summed E-state index contributed by atoms with van der Waals surface area (Å²) in [5.41, 5.74) is 3.33. The van der Waals surface area contributed by atoms with Crippen molar-refractivity contribution in [2.45, 2.75) is 40.8 Å². The third-order valence-electron chi connectivity index (χ3n) is 9.04. The van der Waals surface area contributed by atoms with E-state index in [2.05, 4.69) is 29.5 Å². The molecule has 0 amide bonds. The summed E-state index contributed by atoms with van der Waals surface area (Å²) >= 11 is 0. The van der Waals surface area contributed by atoms with Gasteiger partial charge in [-0.05, 0) is 58.4 Å². The number of furan rings is 1. The van der Waals surface area contributed by atoms with Gasteiger partial charge in [0.2, 0.25) is 6.33 Å². The van der Waals surface area contributed by atoms with Crippen LogP contribution in [0.5, 0.6) is 0 Å². The van der Waals surface area contributed by atoms with Gasteiger partial charge in [0, 0.05) is 28.1 Å². The van der Waals surface area contributed by atoms with Crippen molar-refractivity contribution >= 4 is 43.7 Å². The Morgan fingerprint density at radius 2 is 1.69 bits per heavy atom. The molecule has 0 aliphatic carbocycles. The summed E-state index contributed by atoms with van der Waals surface area (Å²) in [6, 6.07) is 42.7. The maximum atomic E-state index is 10.1. The molecule has 5 nitrogen and oxygen atoms in total. The van der Waals surface area contributed by atoms with Gasteiger partial charge in [-0.3, -0.25) is 0 Å². The fourth-order valence-electron chi connectivity index (χ4n) is 6.66. The van der Waals surface area contributed by atoms with Gasteiger partial charge in [0.1, 0.15) is 5.58 Å². The fraction of sp³-hybridized carbons (Fsp3) is 0.163. The minimum atomic E-state index is -2.63. The Kier molecular flexibility index (Phi) is 7.15. The standard InChI is InChI=1S/C35H29N2O.C14H11N2.Ir/c1-21-10-14-28(30-17-27(18-35(3,4)5)22(2)20-37-30)33-31(21)29-15-13-26(19-36)32(34(29)38-33)25-12-11-23-8-6-7-9-24(23)16-25;1-15-11-16(12-7-3-2-4-8-12)14-10-6-5-9-13(14)15;/h6-13,15-17,20H,18H2,1-5H3;2-7,9-10H,1H3;/q2*-1;+3/i1D3,2D3,18D2;1D3;. The molecular weight excluding hydrogens is 853 g/mol. The average Bonchev–Trinajstić information content (AvgIpc) is 3.85. The Morgan fingerprint density at radius 1 is 0.891 bits per heavy atom. The third kappa shape index (κ3) is 7.22. The maximum Gasteiger partial charge on any atom is 3.00 e. The Hall–Kier alpha value is -5.86. The van der Waals surface area contributed by atoms with Gasteiger partial charge in [-0.25, -0.2) is 0 Å². The number of fused-ring (bicyclic) bond motifs is 5. The van der Waals surface area contributed by atoms with E-state index in [1.807, 2.05) is 78.9 Å². The normalized spacial score (nSPS) is 15.3. The van der Waals surface area contributed by atoms with Crippen LogP contribution < -0.4 is 4.57 Å². The topological polar surface area (TPSA) is 58.6 Å². The molecule has 0 bridgehead atoms. The van der Waals surface area contributed by atoms with Crippen LogP contribution in [0.2, 0.25) is 0 Å². The molecule has 0 radical (unpaired) electrons. The van der Waals surface area contributed by atoms with Gasteiger partial charge in [-0.2, -0.15) is 35.6 Å². The molecule has 0 spiro atoms. The maximum absolute atomic E-state index is 10.1. The molecule has 0 saturated heterocycles. The van der Waals surface area contributed by atoms with Crippen LogP contribution in [0, 0.1) is 48.9 Å². The van der Waals surface area contributed by atoms with Crippen LogP contribution in [0.4, 0.5) is 0 Å². The largest absolute Gasteiger partial charge is 3.00 e. The first kappa shape index (κ1) is 26.0. The van der Waals surface area contributed by atoms with E-state index in [1.54, 1.807) is 49.6 Å². The second-order valence-electron chi connectivity index (χ2n) is 13.9. The van der Waals surface area contributed by atoms with Crippen molar-refractivity contribution in [3.05, 3.63) is 162 Å². The Morgan fingerprint density at radius 3 is 2.45 bits per heavy atom. The number of hydrogen-bond donors (Lipinski definition) is 0. The van der Waals surface area contributed by atoms with Crippen molar-refractivity contribution in [1.82, 2.24) is 9.55 Å². The molecule has 3 heterocycles. The molecular formula is C49H40IrN4O+. The molecule has 0 N–H and O–H groups in total. The SMILES string of the molecule is [2H]C([2H])([2H])[n+]1[c-]n(-c2[c-]cccc2)c2ccccc21.[2H]C([2H])([2H])c1cnc(-c2[c-]cc(C([2H])([2H])[2H])c3c2oc2c(-c4ccc5ccccc5c4)c(C#N)ccc23)cc1C([2H])([2H])C(C)(C)C.[Ir+3]. The minimum absolute atomic E-state index is 0. The van der Waals surface area contributed by atoms with Crippen molar-refractivity contribution in [1.29, 1.82) is 5.26 Å². The minimum Gasteiger partial charge on any atom is -0.500 e. The number of pyridine rings is 1. The van der Waals surface area contributed by atoms with Gasteiger partial charge in [0.15, 0.2) is 0 Å². The second kappa shape index (κ2) is 15.1. The quantitative estimate of drug-likeness (QED) is 0.131. The summed E-state index contributed by atoms with van der Waals surface area (Å²) in [6.07, 6.45) is 1.96. The summed E-state index contributed by atoms with van der Waals surface area (Å²) < 4.78 is 99.2. The van der Waals surface area contributed by atoms with Gasteiger partial charge >= 0.3 is 20.1 Å². The molecule has 6 aromatic carbocycles. The van der Waals surface area contributed by atoms with Crippen molar-refractivity contribution in [2.75, 3.05) is 0 Å². The van der Waals surface area contributed by atoms with Crippen LogP contribution in [0.3, 0.4) is 0 Å². The van der Waals surface area contributed by atoms with Crippen molar-refractivity contribution < 1.29 is 44.2 Å². The molecule has 0 fully saturated rings. The molecule has 0 unspecified atom stereocenters. The van der Waals surface area contributed by atoms with Gasteiger partial charge in [0.05, 0.1) is 39.3 Å². The summed E-state index contributed by atoms with van der Waals surface area (Å²) in [5, 5.41) is 12.9. The van der Waals surface area contributed by atoms with Crippen LogP contribution >= 0.6 is 0 Å². The number of nitriles is 1. The van der Waals surface area contributed by atoms with Gasteiger partial charge in [0.25, 0.3) is 0 Å². The number of aromatic nitrogens is 3.